The smallest absolute Gasteiger partial charge is 0.332 e. The lowest BCUT2D eigenvalue weighted by Gasteiger charge is -2.30. The van der Waals surface area contributed by atoms with Gasteiger partial charge in [-0.2, -0.15) is 23.4 Å². The molecule has 0 aliphatic carbocycles. The molecule has 1 unspecified atom stereocenters. The number of hydrogen-bond acceptors (Lipinski definition) is 6. The third-order valence-electron chi connectivity index (χ3n) is 4.68. The molecule has 0 bridgehead atoms. The average Bonchev–Trinajstić information content (AvgIpc) is 3.12. The van der Waals surface area contributed by atoms with Gasteiger partial charge in [0.05, 0.1) is 28.7 Å². The van der Waals surface area contributed by atoms with Crippen LogP contribution >= 0.6 is 0 Å². The first-order valence-corrected chi connectivity index (χ1v) is 8.57. The van der Waals surface area contributed by atoms with Crippen molar-refractivity contribution in [1.29, 1.82) is 0 Å². The number of guanidine groups is 1. The normalized spacial score (nSPS) is 20.5. The second kappa shape index (κ2) is 6.36. The summed E-state index contributed by atoms with van der Waals surface area (Å²) in [5.41, 5.74) is 4.65. The SMILES string of the molecule is Cc1nn(C(C)(C)c2cnn(C)c2)cc1NC1=NC(C)(N)C(C(F)(F)F)=CN1. The Bertz CT molecular complexity index is 946. The van der Waals surface area contributed by atoms with Gasteiger partial charge in [-0.1, -0.05) is 0 Å². The average molecular weight is 396 g/mol. The van der Waals surface area contributed by atoms with Crippen LogP contribution in [0.25, 0.3) is 0 Å². The highest BCUT2D eigenvalue weighted by molar-refractivity contribution is 5.95. The van der Waals surface area contributed by atoms with E-state index in [0.29, 0.717) is 11.4 Å². The fraction of sp³-hybridized carbons (Fsp3) is 0.471. The van der Waals surface area contributed by atoms with Crippen molar-refractivity contribution < 1.29 is 13.2 Å². The topological polar surface area (TPSA) is 98.1 Å². The maximum absolute atomic E-state index is 13.1. The molecule has 1 aliphatic rings. The minimum Gasteiger partial charge on any atom is -0.332 e. The third-order valence-corrected chi connectivity index (χ3v) is 4.68. The van der Waals surface area contributed by atoms with Crippen LogP contribution in [0.5, 0.6) is 0 Å². The summed E-state index contributed by atoms with van der Waals surface area (Å²) in [5, 5.41) is 14.2. The number of hydrogen-bond donors (Lipinski definition) is 3. The van der Waals surface area contributed by atoms with Crippen molar-refractivity contribution in [3.05, 3.63) is 41.6 Å². The quantitative estimate of drug-likeness (QED) is 0.739. The molecule has 0 amide bonds. The largest absolute Gasteiger partial charge is 0.417 e. The van der Waals surface area contributed by atoms with E-state index >= 15 is 0 Å². The van der Waals surface area contributed by atoms with Crippen molar-refractivity contribution in [2.24, 2.45) is 17.8 Å². The van der Waals surface area contributed by atoms with E-state index in [2.05, 4.69) is 25.8 Å². The van der Waals surface area contributed by atoms with Gasteiger partial charge >= 0.3 is 6.18 Å². The fourth-order valence-corrected chi connectivity index (χ4v) is 2.91. The Morgan fingerprint density at radius 2 is 1.93 bits per heavy atom. The van der Waals surface area contributed by atoms with Crippen LogP contribution in [0.3, 0.4) is 0 Å². The molecule has 152 valence electrons. The fourth-order valence-electron chi connectivity index (χ4n) is 2.91. The van der Waals surface area contributed by atoms with Gasteiger partial charge in [-0.25, -0.2) is 4.99 Å². The Kier molecular flexibility index (Phi) is 4.53. The maximum atomic E-state index is 13.1. The molecule has 0 radical (unpaired) electrons. The lowest BCUT2D eigenvalue weighted by atomic mass is 9.98. The van der Waals surface area contributed by atoms with Gasteiger partial charge in [0, 0.05) is 31.2 Å². The zero-order valence-electron chi connectivity index (χ0n) is 16.3. The van der Waals surface area contributed by atoms with Crippen molar-refractivity contribution in [3.63, 3.8) is 0 Å². The van der Waals surface area contributed by atoms with Crippen molar-refractivity contribution in [2.75, 3.05) is 5.32 Å². The molecule has 8 nitrogen and oxygen atoms in total. The predicted octanol–water partition coefficient (Wildman–Crippen LogP) is 2.20. The van der Waals surface area contributed by atoms with Gasteiger partial charge in [0.25, 0.3) is 0 Å². The monoisotopic (exact) mass is 396 g/mol. The van der Waals surface area contributed by atoms with Gasteiger partial charge in [0.15, 0.2) is 0 Å². The van der Waals surface area contributed by atoms with Crippen LogP contribution in [0.4, 0.5) is 18.9 Å². The number of nitrogens with two attached hydrogens (primary N) is 1. The highest BCUT2D eigenvalue weighted by atomic mass is 19.4. The molecule has 0 aromatic carbocycles. The molecule has 28 heavy (non-hydrogen) atoms. The minimum atomic E-state index is -4.57. The number of nitrogens with one attached hydrogen (secondary N) is 2. The molecule has 0 saturated heterocycles. The minimum absolute atomic E-state index is 0.111. The Morgan fingerprint density at radius 3 is 2.46 bits per heavy atom. The first-order valence-electron chi connectivity index (χ1n) is 8.57. The highest BCUT2D eigenvalue weighted by Crippen LogP contribution is 2.34. The first-order chi connectivity index (χ1) is 12.8. The number of halogens is 3. The van der Waals surface area contributed by atoms with Crippen molar-refractivity contribution in [1.82, 2.24) is 24.9 Å². The summed E-state index contributed by atoms with van der Waals surface area (Å²) in [4.78, 5) is 3.96. The maximum Gasteiger partial charge on any atom is 0.417 e. The molecule has 0 fully saturated rings. The lowest BCUT2D eigenvalue weighted by molar-refractivity contribution is -0.100. The van der Waals surface area contributed by atoms with Gasteiger partial charge in [0.1, 0.15) is 5.66 Å². The van der Waals surface area contributed by atoms with E-state index in [-0.39, 0.29) is 5.96 Å². The molecule has 2 aromatic rings. The second-order valence-electron chi connectivity index (χ2n) is 7.47. The predicted molar refractivity (Wildman–Crippen MR) is 99.5 cm³/mol. The summed E-state index contributed by atoms with van der Waals surface area (Å²) in [6.45, 7) is 6.98. The number of aromatic nitrogens is 4. The molecule has 3 heterocycles. The summed E-state index contributed by atoms with van der Waals surface area (Å²) in [6, 6.07) is 0. The van der Waals surface area contributed by atoms with Crippen molar-refractivity contribution in [3.8, 4) is 0 Å². The van der Waals surface area contributed by atoms with Crippen molar-refractivity contribution >= 4 is 11.6 Å². The molecule has 3 rings (SSSR count). The van der Waals surface area contributed by atoms with Gasteiger partial charge in [-0.05, 0) is 27.7 Å². The summed E-state index contributed by atoms with van der Waals surface area (Å²) >= 11 is 0. The molecule has 1 aliphatic heterocycles. The van der Waals surface area contributed by atoms with Crippen LogP contribution in [0.2, 0.25) is 0 Å². The lowest BCUT2D eigenvalue weighted by Crippen LogP contribution is -2.49. The first kappa shape index (κ1) is 19.9. The zero-order valence-corrected chi connectivity index (χ0v) is 16.3. The van der Waals surface area contributed by atoms with E-state index in [1.165, 1.54) is 6.92 Å². The van der Waals surface area contributed by atoms with Crippen LogP contribution in [0.15, 0.2) is 35.4 Å². The van der Waals surface area contributed by atoms with Gasteiger partial charge < -0.3 is 16.4 Å². The Balaban J connectivity index is 1.85. The molecular weight excluding hydrogens is 373 g/mol. The van der Waals surface area contributed by atoms with E-state index in [1.807, 2.05) is 27.1 Å². The summed E-state index contributed by atoms with van der Waals surface area (Å²) < 4.78 is 42.6. The summed E-state index contributed by atoms with van der Waals surface area (Å²) in [6.07, 6.45) is 1.69. The second-order valence-corrected chi connectivity index (χ2v) is 7.47. The van der Waals surface area contributed by atoms with E-state index in [4.69, 9.17) is 5.73 Å². The number of aryl methyl sites for hydroxylation is 2. The number of alkyl halides is 3. The Hall–Kier alpha value is -2.82. The molecule has 0 saturated carbocycles. The Labute approximate surface area is 160 Å². The van der Waals surface area contributed by atoms with Gasteiger partial charge in [-0.15, -0.1) is 0 Å². The van der Waals surface area contributed by atoms with E-state index in [0.717, 1.165) is 11.8 Å². The molecule has 1 atom stereocenters. The van der Waals surface area contributed by atoms with Crippen LogP contribution in [0.1, 0.15) is 32.0 Å². The zero-order chi connectivity index (χ0) is 20.9. The van der Waals surface area contributed by atoms with Gasteiger partial charge in [0.2, 0.25) is 5.96 Å². The van der Waals surface area contributed by atoms with Crippen LogP contribution in [-0.2, 0) is 12.6 Å². The molecule has 0 spiro atoms. The van der Waals surface area contributed by atoms with E-state index < -0.39 is 23.0 Å². The molecule has 2 aromatic heterocycles. The summed E-state index contributed by atoms with van der Waals surface area (Å²) in [7, 11) is 1.83. The number of aliphatic imine (C=N–C) groups is 1. The number of rotatable bonds is 3. The standard InChI is InChI=1S/C17H23F3N8/c1-10-12(9-28(26-10)15(2,3)11-6-23-27(5)8-11)24-14-22-7-13(17(18,19)20)16(4,21)25-14/h6-9H,21H2,1-5H3,(H2,22,24,25). The Morgan fingerprint density at radius 1 is 1.25 bits per heavy atom. The van der Waals surface area contributed by atoms with Crippen LogP contribution in [-0.4, -0.2) is 37.4 Å². The van der Waals surface area contributed by atoms with Crippen LogP contribution in [0, 0.1) is 6.92 Å². The molecule has 11 heteroatoms. The van der Waals surface area contributed by atoms with E-state index in [1.54, 1.807) is 28.7 Å². The molecule has 4 N–H and O–H groups in total. The van der Waals surface area contributed by atoms with E-state index in [9.17, 15) is 13.2 Å². The number of anilines is 1. The summed E-state index contributed by atoms with van der Waals surface area (Å²) in [5.74, 6) is 0.111. The highest BCUT2D eigenvalue weighted by Gasteiger charge is 2.45. The van der Waals surface area contributed by atoms with Crippen molar-refractivity contribution in [2.45, 2.75) is 45.1 Å². The third kappa shape index (κ3) is 3.61. The number of nitrogens with zero attached hydrogens (tertiary/aromatic N) is 5. The van der Waals surface area contributed by atoms with Gasteiger partial charge in [-0.3, -0.25) is 9.36 Å². The molecular formula is C17H23F3N8. The van der Waals surface area contributed by atoms with Crippen LogP contribution < -0.4 is 16.4 Å².